The van der Waals surface area contributed by atoms with E-state index < -0.39 is 0 Å². The van der Waals surface area contributed by atoms with Gasteiger partial charge in [0.2, 0.25) is 5.28 Å². The maximum atomic E-state index is 11.9. The molecule has 0 aliphatic carbocycles. The van der Waals surface area contributed by atoms with Crippen LogP contribution in [-0.4, -0.2) is 27.9 Å². The number of fused-ring (bicyclic) bond motifs is 1. The molecule has 3 rings (SSSR count). The number of benzene rings is 1. The fourth-order valence-electron chi connectivity index (χ4n) is 2.11. The topological polar surface area (TPSA) is 82.7 Å². The maximum Gasteiger partial charge on any atom is 0.253 e. The van der Waals surface area contributed by atoms with Crippen molar-refractivity contribution in [3.05, 3.63) is 46.3 Å². The van der Waals surface area contributed by atoms with Gasteiger partial charge in [-0.25, -0.2) is 0 Å². The molecule has 22 heavy (non-hydrogen) atoms. The molecule has 0 fully saturated rings. The number of aromatic amines is 1. The zero-order chi connectivity index (χ0) is 15.7. The van der Waals surface area contributed by atoms with E-state index >= 15 is 0 Å². The van der Waals surface area contributed by atoms with Crippen LogP contribution in [0.3, 0.4) is 0 Å². The van der Waals surface area contributed by atoms with Gasteiger partial charge in [0.1, 0.15) is 11.5 Å². The van der Waals surface area contributed by atoms with Crippen molar-refractivity contribution in [1.82, 2.24) is 20.3 Å². The van der Waals surface area contributed by atoms with Gasteiger partial charge < -0.3 is 15.6 Å². The summed E-state index contributed by atoms with van der Waals surface area (Å²) < 4.78 is 0. The van der Waals surface area contributed by atoms with Gasteiger partial charge in [0.25, 0.3) is 5.91 Å². The third-order valence-electron chi connectivity index (χ3n) is 3.11. The molecule has 2 heterocycles. The first-order valence-electron chi connectivity index (χ1n) is 6.38. The molecule has 0 atom stereocenters. The van der Waals surface area contributed by atoms with E-state index in [0.717, 1.165) is 0 Å². The summed E-state index contributed by atoms with van der Waals surface area (Å²) in [5.41, 5.74) is 1.60. The van der Waals surface area contributed by atoms with Crippen LogP contribution < -0.4 is 10.6 Å². The Hall–Kier alpha value is -2.31. The number of carbonyl (C=O) groups excluding carboxylic acids is 1. The highest BCUT2D eigenvalue weighted by molar-refractivity contribution is 6.36. The molecule has 6 nitrogen and oxygen atoms in total. The Morgan fingerprint density at radius 2 is 2.00 bits per heavy atom. The summed E-state index contributed by atoms with van der Waals surface area (Å²) >= 11 is 12.1. The van der Waals surface area contributed by atoms with Crippen LogP contribution in [-0.2, 0) is 0 Å². The molecule has 0 aliphatic rings. The van der Waals surface area contributed by atoms with Crippen molar-refractivity contribution in [2.45, 2.75) is 0 Å². The molecule has 0 aliphatic heterocycles. The van der Waals surface area contributed by atoms with Gasteiger partial charge >= 0.3 is 0 Å². The van der Waals surface area contributed by atoms with Gasteiger partial charge in [-0.2, -0.15) is 9.97 Å². The fraction of sp³-hybridized carbons (Fsp3) is 0.0714. The number of amides is 1. The minimum Gasteiger partial charge on any atom is -0.355 e. The molecular formula is C14H11Cl2N5O. The van der Waals surface area contributed by atoms with E-state index in [2.05, 4.69) is 25.6 Å². The molecule has 1 aromatic carbocycles. The monoisotopic (exact) mass is 335 g/mol. The number of aromatic nitrogens is 3. The maximum absolute atomic E-state index is 11.9. The molecule has 0 unspecified atom stereocenters. The zero-order valence-corrected chi connectivity index (χ0v) is 13.0. The summed E-state index contributed by atoms with van der Waals surface area (Å²) in [4.78, 5) is 23.1. The lowest BCUT2D eigenvalue weighted by Crippen LogP contribution is -2.19. The van der Waals surface area contributed by atoms with Crippen molar-refractivity contribution in [3.63, 3.8) is 0 Å². The van der Waals surface area contributed by atoms with Gasteiger partial charge in [0.15, 0.2) is 0 Å². The van der Waals surface area contributed by atoms with Crippen LogP contribution in [0, 0.1) is 0 Å². The standard InChI is InChI=1S/C14H11Cl2N5O/c1-17-13(22)7-4-2-3-5-9(7)19-12-10-8(15)6-18-11(10)20-14(16)21-12/h2-6H,1H3,(H,17,22)(H2,18,19,20,21). The first-order valence-corrected chi connectivity index (χ1v) is 7.14. The molecule has 0 saturated carbocycles. The molecule has 112 valence electrons. The number of para-hydroxylation sites is 1. The lowest BCUT2D eigenvalue weighted by atomic mass is 10.1. The van der Waals surface area contributed by atoms with Gasteiger partial charge in [-0.3, -0.25) is 4.79 Å². The van der Waals surface area contributed by atoms with Crippen molar-refractivity contribution < 1.29 is 4.79 Å². The normalized spacial score (nSPS) is 10.7. The Morgan fingerprint density at radius 3 is 2.77 bits per heavy atom. The smallest absolute Gasteiger partial charge is 0.253 e. The van der Waals surface area contributed by atoms with Crippen molar-refractivity contribution in [2.75, 3.05) is 12.4 Å². The van der Waals surface area contributed by atoms with Gasteiger partial charge in [-0.05, 0) is 23.7 Å². The SMILES string of the molecule is CNC(=O)c1ccccc1Nc1nc(Cl)nc2[nH]cc(Cl)c12. The lowest BCUT2D eigenvalue weighted by molar-refractivity contribution is 0.0964. The van der Waals surface area contributed by atoms with E-state index in [1.54, 1.807) is 31.4 Å². The first kappa shape index (κ1) is 14.6. The summed E-state index contributed by atoms with van der Waals surface area (Å²) in [6, 6.07) is 7.07. The zero-order valence-electron chi connectivity index (χ0n) is 11.4. The highest BCUT2D eigenvalue weighted by atomic mass is 35.5. The third-order valence-corrected chi connectivity index (χ3v) is 3.58. The lowest BCUT2D eigenvalue weighted by Gasteiger charge is -2.11. The van der Waals surface area contributed by atoms with Crippen LogP contribution in [0.25, 0.3) is 11.0 Å². The van der Waals surface area contributed by atoms with Gasteiger partial charge in [-0.1, -0.05) is 23.7 Å². The Labute approximate surface area is 135 Å². The van der Waals surface area contributed by atoms with Gasteiger partial charge in [0, 0.05) is 13.2 Å². The van der Waals surface area contributed by atoms with Crippen LogP contribution in [0.4, 0.5) is 11.5 Å². The van der Waals surface area contributed by atoms with E-state index in [-0.39, 0.29) is 11.2 Å². The number of nitrogens with one attached hydrogen (secondary N) is 3. The third kappa shape index (κ3) is 2.58. The average Bonchev–Trinajstić information content (AvgIpc) is 2.88. The number of rotatable bonds is 3. The Bertz CT molecular complexity index is 862. The van der Waals surface area contributed by atoms with E-state index in [9.17, 15) is 4.79 Å². The molecule has 1 amide bonds. The second-order valence-electron chi connectivity index (χ2n) is 4.45. The predicted octanol–water partition coefficient (Wildman–Crippen LogP) is 3.37. The molecule has 8 heteroatoms. The summed E-state index contributed by atoms with van der Waals surface area (Å²) in [5.74, 6) is 0.220. The highest BCUT2D eigenvalue weighted by Gasteiger charge is 2.15. The van der Waals surface area contributed by atoms with Crippen molar-refractivity contribution >= 4 is 51.6 Å². The van der Waals surface area contributed by atoms with Crippen molar-refractivity contribution in [3.8, 4) is 0 Å². The van der Waals surface area contributed by atoms with Crippen LogP contribution in [0.15, 0.2) is 30.5 Å². The number of H-pyrrole nitrogens is 1. The van der Waals surface area contributed by atoms with Gasteiger partial charge in [0.05, 0.1) is 21.7 Å². The summed E-state index contributed by atoms with van der Waals surface area (Å²) in [6.45, 7) is 0. The van der Waals surface area contributed by atoms with Crippen LogP contribution in [0.5, 0.6) is 0 Å². The number of nitrogens with zero attached hydrogens (tertiary/aromatic N) is 2. The van der Waals surface area contributed by atoms with E-state index in [1.807, 2.05) is 6.07 Å². The Morgan fingerprint density at radius 1 is 1.23 bits per heavy atom. The van der Waals surface area contributed by atoms with Crippen molar-refractivity contribution in [2.24, 2.45) is 0 Å². The summed E-state index contributed by atoms with van der Waals surface area (Å²) in [5, 5.41) is 6.84. The first-order chi connectivity index (χ1) is 10.6. The second-order valence-corrected chi connectivity index (χ2v) is 5.20. The quantitative estimate of drug-likeness (QED) is 0.641. The Kier molecular flexibility index (Phi) is 3.87. The van der Waals surface area contributed by atoms with Gasteiger partial charge in [-0.15, -0.1) is 0 Å². The highest BCUT2D eigenvalue weighted by Crippen LogP contribution is 2.31. The molecule has 3 aromatic rings. The number of hydrogen-bond donors (Lipinski definition) is 3. The largest absolute Gasteiger partial charge is 0.355 e. The van der Waals surface area contributed by atoms with Crippen LogP contribution >= 0.6 is 23.2 Å². The number of halogens is 2. The molecule has 0 bridgehead atoms. The van der Waals surface area contributed by atoms with E-state index in [0.29, 0.717) is 33.1 Å². The van der Waals surface area contributed by atoms with Crippen LogP contribution in [0.1, 0.15) is 10.4 Å². The Balaban J connectivity index is 2.11. The minimum atomic E-state index is -0.209. The molecule has 3 N–H and O–H groups in total. The second kappa shape index (κ2) is 5.82. The summed E-state index contributed by atoms with van der Waals surface area (Å²) in [7, 11) is 1.57. The number of hydrogen-bond acceptors (Lipinski definition) is 4. The number of carbonyl (C=O) groups is 1. The average molecular weight is 336 g/mol. The predicted molar refractivity (Wildman–Crippen MR) is 87.0 cm³/mol. The van der Waals surface area contributed by atoms with Crippen LogP contribution in [0.2, 0.25) is 10.3 Å². The van der Waals surface area contributed by atoms with Crippen molar-refractivity contribution in [1.29, 1.82) is 0 Å². The summed E-state index contributed by atoms with van der Waals surface area (Å²) in [6.07, 6.45) is 1.60. The fourth-order valence-corrected chi connectivity index (χ4v) is 2.51. The molecule has 0 radical (unpaired) electrons. The molecule has 0 saturated heterocycles. The molecule has 0 spiro atoms. The molecular weight excluding hydrogens is 325 g/mol. The van der Waals surface area contributed by atoms with E-state index in [1.165, 1.54) is 0 Å². The molecule has 2 aromatic heterocycles. The number of anilines is 2. The minimum absolute atomic E-state index is 0.0749. The van der Waals surface area contributed by atoms with E-state index in [4.69, 9.17) is 23.2 Å².